The van der Waals surface area contributed by atoms with Crippen molar-refractivity contribution in [3.05, 3.63) is 53.3 Å². The maximum Gasteiger partial charge on any atom is 0.144 e. The van der Waals surface area contributed by atoms with Crippen molar-refractivity contribution in [3.63, 3.8) is 0 Å². The second kappa shape index (κ2) is 5.93. The zero-order valence-electron chi connectivity index (χ0n) is 10.9. The monoisotopic (exact) mass is 272 g/mol. The number of rotatable bonds is 4. The van der Waals surface area contributed by atoms with Crippen LogP contribution in [0.2, 0.25) is 0 Å². The fourth-order valence-corrected chi connectivity index (χ4v) is 1.80. The molecule has 5 heteroatoms. The molecule has 2 aromatic rings. The zero-order chi connectivity index (χ0) is 14.5. The first kappa shape index (κ1) is 13.7. The molecule has 102 valence electrons. The average Bonchev–Trinajstić information content (AvgIpc) is 2.45. The van der Waals surface area contributed by atoms with E-state index in [0.717, 1.165) is 5.56 Å². The molecule has 4 nitrogen and oxygen atoms in total. The molecule has 20 heavy (non-hydrogen) atoms. The Kier molecular flexibility index (Phi) is 4.06. The van der Waals surface area contributed by atoms with E-state index in [2.05, 4.69) is 0 Å². The van der Waals surface area contributed by atoms with E-state index < -0.39 is 5.82 Å². The van der Waals surface area contributed by atoms with E-state index in [1.165, 1.54) is 19.2 Å². The SMILES string of the molecule is COc1ccc(N)cc1COc1cccc(F)c1C#N. The molecule has 0 aliphatic heterocycles. The quantitative estimate of drug-likeness (QED) is 0.869. The maximum atomic E-state index is 13.4. The molecule has 0 saturated carbocycles. The van der Waals surface area contributed by atoms with Gasteiger partial charge in [0.25, 0.3) is 0 Å². The van der Waals surface area contributed by atoms with Gasteiger partial charge in [-0.1, -0.05) is 6.07 Å². The van der Waals surface area contributed by atoms with E-state index in [1.807, 2.05) is 0 Å². The first-order valence-corrected chi connectivity index (χ1v) is 5.89. The third-order valence-electron chi connectivity index (χ3n) is 2.77. The Bertz CT molecular complexity index is 665. The third-order valence-corrected chi connectivity index (χ3v) is 2.77. The first-order valence-electron chi connectivity index (χ1n) is 5.89. The van der Waals surface area contributed by atoms with Crippen molar-refractivity contribution in [2.45, 2.75) is 6.61 Å². The van der Waals surface area contributed by atoms with Crippen LogP contribution >= 0.6 is 0 Å². The average molecular weight is 272 g/mol. The second-order valence-corrected chi connectivity index (χ2v) is 4.08. The highest BCUT2D eigenvalue weighted by Gasteiger charge is 2.10. The lowest BCUT2D eigenvalue weighted by Gasteiger charge is -2.12. The van der Waals surface area contributed by atoms with Crippen LogP contribution < -0.4 is 15.2 Å². The Hall–Kier alpha value is -2.74. The van der Waals surface area contributed by atoms with Crippen molar-refractivity contribution in [3.8, 4) is 17.6 Å². The van der Waals surface area contributed by atoms with E-state index in [0.29, 0.717) is 11.4 Å². The number of nitrogens with two attached hydrogens (primary N) is 1. The Morgan fingerprint density at radius 1 is 1.25 bits per heavy atom. The Morgan fingerprint density at radius 3 is 2.75 bits per heavy atom. The molecule has 0 unspecified atom stereocenters. The summed E-state index contributed by atoms with van der Waals surface area (Å²) in [5.41, 5.74) is 6.89. The van der Waals surface area contributed by atoms with Crippen molar-refractivity contribution in [2.75, 3.05) is 12.8 Å². The van der Waals surface area contributed by atoms with Gasteiger partial charge in [0.05, 0.1) is 7.11 Å². The minimum absolute atomic E-state index is 0.115. The van der Waals surface area contributed by atoms with Crippen LogP contribution in [-0.2, 0) is 6.61 Å². The second-order valence-electron chi connectivity index (χ2n) is 4.08. The van der Waals surface area contributed by atoms with Gasteiger partial charge in [-0.05, 0) is 30.3 Å². The normalized spacial score (nSPS) is 9.85. The topological polar surface area (TPSA) is 68.3 Å². The molecule has 0 saturated heterocycles. The first-order chi connectivity index (χ1) is 9.65. The lowest BCUT2D eigenvalue weighted by Crippen LogP contribution is -2.02. The van der Waals surface area contributed by atoms with Crippen LogP contribution in [0.3, 0.4) is 0 Å². The van der Waals surface area contributed by atoms with Gasteiger partial charge in [-0.25, -0.2) is 4.39 Å². The van der Waals surface area contributed by atoms with E-state index >= 15 is 0 Å². The number of methoxy groups -OCH3 is 1. The number of halogens is 1. The van der Waals surface area contributed by atoms with Gasteiger partial charge in [0.1, 0.15) is 35.6 Å². The van der Waals surface area contributed by atoms with Gasteiger partial charge in [-0.2, -0.15) is 5.26 Å². The fraction of sp³-hybridized carbons (Fsp3) is 0.133. The van der Waals surface area contributed by atoms with Crippen molar-refractivity contribution in [1.82, 2.24) is 0 Å². The molecule has 0 heterocycles. The Balaban J connectivity index is 2.24. The standard InChI is InChI=1S/C15H13FN2O2/c1-19-14-6-5-11(18)7-10(14)9-20-15-4-2-3-13(16)12(15)8-17/h2-7H,9,18H2,1H3. The van der Waals surface area contributed by atoms with Crippen LogP contribution in [0, 0.1) is 17.1 Å². The summed E-state index contributed by atoms with van der Waals surface area (Å²) in [7, 11) is 1.54. The van der Waals surface area contributed by atoms with Gasteiger partial charge >= 0.3 is 0 Å². The number of anilines is 1. The predicted molar refractivity (Wildman–Crippen MR) is 72.9 cm³/mol. The molecule has 0 fully saturated rings. The number of hydrogen-bond acceptors (Lipinski definition) is 4. The van der Waals surface area contributed by atoms with Gasteiger partial charge < -0.3 is 15.2 Å². The van der Waals surface area contributed by atoms with Crippen molar-refractivity contribution in [1.29, 1.82) is 5.26 Å². The lowest BCUT2D eigenvalue weighted by molar-refractivity contribution is 0.294. The molecule has 2 aromatic carbocycles. The van der Waals surface area contributed by atoms with Crippen LogP contribution in [0.5, 0.6) is 11.5 Å². The molecule has 0 amide bonds. The summed E-state index contributed by atoms with van der Waals surface area (Å²) in [5.74, 6) is 0.204. The lowest BCUT2D eigenvalue weighted by atomic mass is 10.2. The summed E-state index contributed by atoms with van der Waals surface area (Å²) in [6.07, 6.45) is 0. The minimum Gasteiger partial charge on any atom is -0.496 e. The number of nitrogen functional groups attached to an aromatic ring is 1. The van der Waals surface area contributed by atoms with Crippen LogP contribution in [0.15, 0.2) is 36.4 Å². The summed E-state index contributed by atoms with van der Waals surface area (Å²) >= 11 is 0. The molecule has 0 spiro atoms. The van der Waals surface area contributed by atoms with E-state index in [9.17, 15) is 4.39 Å². The molecule has 0 aliphatic rings. The number of hydrogen-bond donors (Lipinski definition) is 1. The largest absolute Gasteiger partial charge is 0.496 e. The van der Waals surface area contributed by atoms with Crippen LogP contribution in [0.4, 0.5) is 10.1 Å². The van der Waals surface area contributed by atoms with Gasteiger partial charge in [0.2, 0.25) is 0 Å². The highest BCUT2D eigenvalue weighted by atomic mass is 19.1. The van der Waals surface area contributed by atoms with E-state index in [1.54, 1.807) is 30.3 Å². The molecular weight excluding hydrogens is 259 g/mol. The molecule has 0 aromatic heterocycles. The Morgan fingerprint density at radius 2 is 2.05 bits per heavy atom. The van der Waals surface area contributed by atoms with Crippen LogP contribution in [0.25, 0.3) is 0 Å². The van der Waals surface area contributed by atoms with E-state index in [-0.39, 0.29) is 17.9 Å². The minimum atomic E-state index is -0.607. The Labute approximate surface area is 116 Å². The van der Waals surface area contributed by atoms with Crippen LogP contribution in [-0.4, -0.2) is 7.11 Å². The summed E-state index contributed by atoms with van der Waals surface area (Å²) < 4.78 is 24.1. The number of ether oxygens (including phenoxy) is 2. The molecule has 2 rings (SSSR count). The zero-order valence-corrected chi connectivity index (χ0v) is 10.9. The molecule has 0 aliphatic carbocycles. The number of benzene rings is 2. The number of nitrogens with zero attached hydrogens (tertiary/aromatic N) is 1. The molecule has 0 atom stereocenters. The van der Waals surface area contributed by atoms with Gasteiger partial charge in [-0.3, -0.25) is 0 Å². The van der Waals surface area contributed by atoms with Gasteiger partial charge in [0, 0.05) is 11.3 Å². The molecule has 2 N–H and O–H groups in total. The predicted octanol–water partition coefficient (Wildman–Crippen LogP) is 2.87. The summed E-state index contributed by atoms with van der Waals surface area (Å²) in [6, 6.07) is 11.2. The highest BCUT2D eigenvalue weighted by molar-refractivity contribution is 5.48. The fourth-order valence-electron chi connectivity index (χ4n) is 1.80. The molecule has 0 bridgehead atoms. The highest BCUT2D eigenvalue weighted by Crippen LogP contribution is 2.25. The smallest absolute Gasteiger partial charge is 0.144 e. The number of nitriles is 1. The van der Waals surface area contributed by atoms with Crippen molar-refractivity contribution in [2.24, 2.45) is 0 Å². The van der Waals surface area contributed by atoms with Crippen LogP contribution in [0.1, 0.15) is 11.1 Å². The maximum absolute atomic E-state index is 13.4. The van der Waals surface area contributed by atoms with E-state index in [4.69, 9.17) is 20.5 Å². The molecule has 0 radical (unpaired) electrons. The van der Waals surface area contributed by atoms with Crippen molar-refractivity contribution >= 4 is 5.69 Å². The summed E-state index contributed by atoms with van der Waals surface area (Å²) in [4.78, 5) is 0. The van der Waals surface area contributed by atoms with Gasteiger partial charge in [-0.15, -0.1) is 0 Å². The summed E-state index contributed by atoms with van der Waals surface area (Å²) in [5, 5.41) is 8.93. The summed E-state index contributed by atoms with van der Waals surface area (Å²) in [6.45, 7) is 0.131. The molecular formula is C15H13FN2O2. The third kappa shape index (κ3) is 2.81. The van der Waals surface area contributed by atoms with Gasteiger partial charge in [0.15, 0.2) is 0 Å². The van der Waals surface area contributed by atoms with Crippen molar-refractivity contribution < 1.29 is 13.9 Å².